The number of carbonyl (C=O) groups excluding carboxylic acids is 2. The summed E-state index contributed by atoms with van der Waals surface area (Å²) in [5.41, 5.74) is 6.88. The minimum absolute atomic E-state index is 0.265. The van der Waals surface area contributed by atoms with Gasteiger partial charge in [0, 0.05) is 29.2 Å². The van der Waals surface area contributed by atoms with E-state index in [1.54, 1.807) is 18.2 Å². The minimum Gasteiger partial charge on any atom is -0.347 e. The third-order valence-corrected chi connectivity index (χ3v) is 6.72. The van der Waals surface area contributed by atoms with Gasteiger partial charge in [-0.3, -0.25) is 15.0 Å². The number of carbonyl (C=O) groups is 2. The molecule has 30 heavy (non-hydrogen) atoms. The molecule has 5 nitrogen and oxygen atoms in total. The molecule has 3 aromatic rings. The maximum absolute atomic E-state index is 13.0. The molecule has 1 fully saturated rings. The Labute approximate surface area is 188 Å². The monoisotopic (exact) mass is 455 g/mol. The predicted molar refractivity (Wildman–Crippen MR) is 126 cm³/mol. The number of thiocarbonyl (C=S) groups is 1. The lowest BCUT2D eigenvalue weighted by Crippen LogP contribution is -2.44. The molecule has 0 bridgehead atoms. The van der Waals surface area contributed by atoms with Crippen LogP contribution in [0.5, 0.6) is 0 Å². The number of aromatic nitrogens is 1. The highest BCUT2D eigenvalue weighted by molar-refractivity contribution is 8.26. The van der Waals surface area contributed by atoms with Crippen LogP contribution in [0, 0.1) is 13.8 Å². The molecular weight excluding hydrogens is 438 g/mol. The second kappa shape index (κ2) is 7.91. The lowest BCUT2D eigenvalue weighted by atomic mass is 10.1. The first kappa shape index (κ1) is 20.7. The molecule has 152 valence electrons. The van der Waals surface area contributed by atoms with Gasteiger partial charge in [0.05, 0.1) is 15.5 Å². The molecule has 0 unspecified atom stereocenters. The summed E-state index contributed by atoms with van der Waals surface area (Å²) in [7, 11) is 1.99. The van der Waals surface area contributed by atoms with Gasteiger partial charge in [-0.1, -0.05) is 47.6 Å². The molecule has 0 atom stereocenters. The van der Waals surface area contributed by atoms with E-state index in [4.69, 9.17) is 23.8 Å². The maximum Gasteiger partial charge on any atom is 0.285 e. The lowest BCUT2D eigenvalue weighted by molar-refractivity contribution is -0.123. The Kier molecular flexibility index (Phi) is 5.44. The summed E-state index contributed by atoms with van der Waals surface area (Å²) < 4.78 is 2.35. The van der Waals surface area contributed by atoms with Crippen LogP contribution in [0.1, 0.15) is 27.2 Å². The van der Waals surface area contributed by atoms with Gasteiger partial charge >= 0.3 is 0 Å². The Morgan fingerprint density at radius 2 is 1.93 bits per heavy atom. The van der Waals surface area contributed by atoms with Crippen molar-refractivity contribution in [2.45, 2.75) is 13.8 Å². The molecule has 2 amide bonds. The SMILES string of the molecule is Cc1ccc(C(=O)NN2C(=O)C(=Cc3c(C)n(C)c4ccccc34)SC2=S)c(Cl)c1. The molecular formula is C22H18ClN3O2S2. The fraction of sp³-hybridized carbons (Fsp3) is 0.136. The number of hydrazine groups is 1. The number of hydrogen-bond donors (Lipinski definition) is 1. The average molecular weight is 456 g/mol. The largest absolute Gasteiger partial charge is 0.347 e. The number of nitrogens with zero attached hydrogens (tertiary/aromatic N) is 2. The summed E-state index contributed by atoms with van der Waals surface area (Å²) in [5.74, 6) is -0.854. The second-order valence-corrected chi connectivity index (χ2v) is 9.10. The fourth-order valence-electron chi connectivity index (χ4n) is 3.39. The highest BCUT2D eigenvalue weighted by Crippen LogP contribution is 2.35. The number of para-hydroxylation sites is 1. The number of benzene rings is 2. The summed E-state index contributed by atoms with van der Waals surface area (Å²) in [4.78, 5) is 26.1. The molecule has 1 aliphatic heterocycles. The number of amides is 2. The standard InChI is InChI=1S/C22H18ClN3O2S2/c1-12-8-9-15(17(23)10-12)20(27)24-26-21(28)19(30-22(26)29)11-16-13(2)25(3)18-7-5-4-6-14(16)18/h4-11H,1-3H3,(H,24,27). The van der Waals surface area contributed by atoms with Gasteiger partial charge in [0.1, 0.15) is 0 Å². The fourth-order valence-corrected chi connectivity index (χ4v) is 4.88. The van der Waals surface area contributed by atoms with Crippen LogP contribution >= 0.6 is 35.6 Å². The van der Waals surface area contributed by atoms with E-state index in [1.807, 2.05) is 51.2 Å². The molecule has 1 aromatic heterocycles. The van der Waals surface area contributed by atoms with Crippen LogP contribution in [0.2, 0.25) is 5.02 Å². The van der Waals surface area contributed by atoms with Gasteiger partial charge in [-0.25, -0.2) is 0 Å². The maximum atomic E-state index is 13.0. The first-order valence-corrected chi connectivity index (χ1v) is 10.8. The van der Waals surface area contributed by atoms with Crippen LogP contribution in [0.25, 0.3) is 17.0 Å². The van der Waals surface area contributed by atoms with Crippen LogP contribution in [0.4, 0.5) is 0 Å². The first-order valence-electron chi connectivity index (χ1n) is 9.17. The van der Waals surface area contributed by atoms with Gasteiger partial charge in [0.15, 0.2) is 4.32 Å². The number of fused-ring (bicyclic) bond motifs is 1. The van der Waals surface area contributed by atoms with Crippen molar-refractivity contribution in [2.24, 2.45) is 7.05 Å². The van der Waals surface area contributed by atoms with E-state index in [-0.39, 0.29) is 15.8 Å². The molecule has 0 aliphatic carbocycles. The summed E-state index contributed by atoms with van der Waals surface area (Å²) >= 11 is 12.7. The average Bonchev–Trinajstić information content (AvgIpc) is 3.11. The Morgan fingerprint density at radius 3 is 2.67 bits per heavy atom. The quantitative estimate of drug-likeness (QED) is 0.446. The summed E-state index contributed by atoms with van der Waals surface area (Å²) in [6.45, 7) is 3.89. The van der Waals surface area contributed by atoms with Crippen molar-refractivity contribution >= 4 is 68.7 Å². The van der Waals surface area contributed by atoms with E-state index in [9.17, 15) is 9.59 Å². The number of nitrogens with one attached hydrogen (secondary N) is 1. The third-order valence-electron chi connectivity index (χ3n) is 5.10. The number of halogens is 1. The van der Waals surface area contributed by atoms with Crippen molar-refractivity contribution in [1.29, 1.82) is 0 Å². The van der Waals surface area contributed by atoms with E-state index in [0.717, 1.165) is 44.5 Å². The molecule has 0 radical (unpaired) electrons. The van der Waals surface area contributed by atoms with Crippen molar-refractivity contribution in [3.05, 3.63) is 74.8 Å². The second-order valence-electron chi connectivity index (χ2n) is 7.02. The van der Waals surface area contributed by atoms with Crippen molar-refractivity contribution in [2.75, 3.05) is 0 Å². The summed E-state index contributed by atoms with van der Waals surface area (Å²) in [6.07, 6.45) is 1.84. The van der Waals surface area contributed by atoms with Crippen LogP contribution in [-0.4, -0.2) is 25.7 Å². The molecule has 0 spiro atoms. The highest BCUT2D eigenvalue weighted by atomic mass is 35.5. The molecule has 4 rings (SSSR count). The van der Waals surface area contributed by atoms with Gasteiger partial charge in [-0.15, -0.1) is 0 Å². The zero-order valence-corrected chi connectivity index (χ0v) is 18.9. The topological polar surface area (TPSA) is 54.3 Å². The van der Waals surface area contributed by atoms with E-state index in [2.05, 4.69) is 9.99 Å². The van der Waals surface area contributed by atoms with Crippen LogP contribution in [0.3, 0.4) is 0 Å². The predicted octanol–water partition coefficient (Wildman–Crippen LogP) is 4.99. The van der Waals surface area contributed by atoms with Gasteiger partial charge in [-0.05, 0) is 55.9 Å². The smallest absolute Gasteiger partial charge is 0.285 e. The van der Waals surface area contributed by atoms with Crippen LogP contribution in [0.15, 0.2) is 47.4 Å². The summed E-state index contributed by atoms with van der Waals surface area (Å²) in [5, 5.41) is 2.48. The number of aryl methyl sites for hydroxylation is 2. The van der Waals surface area contributed by atoms with Crippen molar-refractivity contribution in [1.82, 2.24) is 15.0 Å². The lowest BCUT2D eigenvalue weighted by Gasteiger charge is -2.16. The normalized spacial score (nSPS) is 15.5. The number of rotatable bonds is 3. The summed E-state index contributed by atoms with van der Waals surface area (Å²) in [6, 6.07) is 13.1. The van der Waals surface area contributed by atoms with Crippen LogP contribution in [-0.2, 0) is 11.8 Å². The van der Waals surface area contributed by atoms with Crippen LogP contribution < -0.4 is 5.43 Å². The van der Waals surface area contributed by atoms with Gasteiger partial charge in [0.2, 0.25) is 0 Å². The van der Waals surface area contributed by atoms with Crippen molar-refractivity contribution in [3.8, 4) is 0 Å². The Hall–Kier alpha value is -2.61. The van der Waals surface area contributed by atoms with Crippen molar-refractivity contribution < 1.29 is 9.59 Å². The van der Waals surface area contributed by atoms with E-state index >= 15 is 0 Å². The van der Waals surface area contributed by atoms with E-state index < -0.39 is 5.91 Å². The first-order chi connectivity index (χ1) is 14.3. The molecule has 2 heterocycles. The molecule has 1 N–H and O–H groups in total. The van der Waals surface area contributed by atoms with E-state index in [0.29, 0.717) is 9.93 Å². The zero-order valence-electron chi connectivity index (χ0n) is 16.5. The molecule has 0 saturated carbocycles. The van der Waals surface area contributed by atoms with E-state index in [1.165, 1.54) is 0 Å². The van der Waals surface area contributed by atoms with Gasteiger partial charge < -0.3 is 4.57 Å². The third kappa shape index (κ3) is 3.53. The number of thioether (sulfide) groups is 1. The minimum atomic E-state index is -0.487. The molecule has 1 aliphatic rings. The molecule has 8 heteroatoms. The van der Waals surface area contributed by atoms with Gasteiger partial charge in [-0.2, -0.15) is 5.01 Å². The Balaban J connectivity index is 1.64. The Morgan fingerprint density at radius 1 is 1.20 bits per heavy atom. The van der Waals surface area contributed by atoms with Gasteiger partial charge in [0.25, 0.3) is 11.8 Å². The molecule has 2 aromatic carbocycles. The number of hydrogen-bond acceptors (Lipinski definition) is 4. The van der Waals surface area contributed by atoms with Crippen molar-refractivity contribution in [3.63, 3.8) is 0 Å². The zero-order chi connectivity index (χ0) is 21.6. The highest BCUT2D eigenvalue weighted by Gasteiger charge is 2.34. The molecule has 1 saturated heterocycles. The Bertz CT molecular complexity index is 1260.